The lowest BCUT2D eigenvalue weighted by Gasteiger charge is -2.08. The third-order valence-electron chi connectivity index (χ3n) is 2.88. The van der Waals surface area contributed by atoms with E-state index in [0.717, 1.165) is 16.5 Å². The summed E-state index contributed by atoms with van der Waals surface area (Å²) in [5, 5.41) is 8.82. The van der Waals surface area contributed by atoms with Gasteiger partial charge >= 0.3 is 0 Å². The van der Waals surface area contributed by atoms with Crippen molar-refractivity contribution in [3.05, 3.63) is 53.1 Å². The molecule has 1 aromatic heterocycles. The number of nitrogens with two attached hydrogens (primary N) is 1. The molecule has 3 N–H and O–H groups in total. The zero-order valence-electron chi connectivity index (χ0n) is 10.0. The number of aromatic nitrogens is 3. The van der Waals surface area contributed by atoms with Crippen LogP contribution in [0.5, 0.6) is 5.75 Å². The van der Waals surface area contributed by atoms with E-state index in [2.05, 4.69) is 10.2 Å². The highest BCUT2D eigenvalue weighted by atomic mass is 32.1. The fourth-order valence-corrected chi connectivity index (χ4v) is 2.05. The molecule has 0 aliphatic rings. The molecule has 2 aromatic carbocycles. The first-order chi connectivity index (χ1) is 9.25. The van der Waals surface area contributed by atoms with Crippen molar-refractivity contribution in [2.24, 2.45) is 0 Å². The van der Waals surface area contributed by atoms with Crippen molar-refractivity contribution in [3.63, 3.8) is 0 Å². The number of rotatable bonds is 3. The lowest BCUT2D eigenvalue weighted by atomic mass is 10.1. The van der Waals surface area contributed by atoms with Gasteiger partial charge in [-0.2, -0.15) is 5.10 Å². The van der Waals surface area contributed by atoms with Gasteiger partial charge in [0.25, 0.3) is 0 Å². The van der Waals surface area contributed by atoms with E-state index >= 15 is 0 Å². The maximum atomic E-state index is 5.77. The Morgan fingerprint density at radius 3 is 2.79 bits per heavy atom. The number of fused-ring (bicyclic) bond motifs is 1. The summed E-state index contributed by atoms with van der Waals surface area (Å²) in [6.45, 7) is 0.262. The van der Waals surface area contributed by atoms with Gasteiger partial charge in [-0.05, 0) is 23.7 Å². The van der Waals surface area contributed by atoms with Crippen LogP contribution >= 0.6 is 12.2 Å². The fourth-order valence-electron chi connectivity index (χ4n) is 1.90. The van der Waals surface area contributed by atoms with E-state index in [0.29, 0.717) is 10.6 Å². The Morgan fingerprint density at radius 2 is 2.00 bits per heavy atom. The number of H-pyrrole nitrogens is 1. The summed E-state index contributed by atoms with van der Waals surface area (Å²) >= 11 is 4.95. The first-order valence-corrected chi connectivity index (χ1v) is 6.18. The maximum absolute atomic E-state index is 5.77. The molecule has 96 valence electrons. The topological polar surface area (TPSA) is 68.9 Å². The minimum Gasteiger partial charge on any atom is -0.485 e. The Bertz CT molecular complexity index is 772. The molecule has 0 spiro atoms. The van der Waals surface area contributed by atoms with Crippen LogP contribution < -0.4 is 10.6 Å². The van der Waals surface area contributed by atoms with Crippen LogP contribution in [-0.2, 0) is 6.61 Å². The average Bonchev–Trinajstić information content (AvgIpc) is 2.76. The normalized spacial score (nSPS) is 10.7. The first-order valence-electron chi connectivity index (χ1n) is 5.77. The standard InChI is InChI=1S/C13H12N4OS/c14-17-12(15-16-13(17)19)8-18-11-7-3-5-9-4-1-2-6-10(9)11/h1-7H,8,14H2,(H,16,19). The van der Waals surface area contributed by atoms with Gasteiger partial charge in [0, 0.05) is 5.39 Å². The Labute approximate surface area is 114 Å². The zero-order valence-corrected chi connectivity index (χ0v) is 10.9. The van der Waals surface area contributed by atoms with Crippen molar-refractivity contribution in [3.8, 4) is 5.75 Å². The quantitative estimate of drug-likeness (QED) is 0.567. The number of benzene rings is 2. The Morgan fingerprint density at radius 1 is 1.21 bits per heavy atom. The molecule has 0 aliphatic heterocycles. The molecule has 0 unspecified atom stereocenters. The zero-order chi connectivity index (χ0) is 13.2. The van der Waals surface area contributed by atoms with Gasteiger partial charge in [-0.1, -0.05) is 36.4 Å². The molecule has 3 aromatic rings. The highest BCUT2D eigenvalue weighted by Gasteiger charge is 2.06. The third kappa shape index (κ3) is 2.17. The van der Waals surface area contributed by atoms with Crippen LogP contribution in [0.2, 0.25) is 0 Å². The molecule has 0 saturated heterocycles. The second-order valence-electron chi connectivity index (χ2n) is 4.08. The molecule has 0 saturated carbocycles. The molecule has 6 heteroatoms. The van der Waals surface area contributed by atoms with Gasteiger partial charge in [0.05, 0.1) is 0 Å². The Balaban J connectivity index is 1.90. The minimum atomic E-state index is 0.262. The van der Waals surface area contributed by atoms with E-state index in [1.54, 1.807) is 0 Å². The van der Waals surface area contributed by atoms with Gasteiger partial charge in [0.1, 0.15) is 12.4 Å². The first kappa shape index (κ1) is 11.7. The van der Waals surface area contributed by atoms with Crippen LogP contribution in [0.1, 0.15) is 5.82 Å². The molecular formula is C13H12N4OS. The summed E-state index contributed by atoms with van der Waals surface area (Å²) in [5.74, 6) is 7.07. The second kappa shape index (κ2) is 4.74. The molecule has 0 fully saturated rings. The van der Waals surface area contributed by atoms with Crippen LogP contribution in [0.3, 0.4) is 0 Å². The van der Waals surface area contributed by atoms with Gasteiger partial charge in [-0.3, -0.25) is 5.10 Å². The van der Waals surface area contributed by atoms with Crippen LogP contribution in [0.4, 0.5) is 0 Å². The van der Waals surface area contributed by atoms with Crippen molar-refractivity contribution in [2.75, 3.05) is 5.84 Å². The highest BCUT2D eigenvalue weighted by Crippen LogP contribution is 2.25. The molecular weight excluding hydrogens is 260 g/mol. The average molecular weight is 272 g/mol. The number of nitrogen functional groups attached to an aromatic ring is 1. The molecule has 0 amide bonds. The largest absolute Gasteiger partial charge is 0.485 e. The molecule has 0 atom stereocenters. The van der Waals surface area contributed by atoms with Crippen LogP contribution in [0.15, 0.2) is 42.5 Å². The van der Waals surface area contributed by atoms with Crippen molar-refractivity contribution in [2.45, 2.75) is 6.61 Å². The van der Waals surface area contributed by atoms with Crippen LogP contribution in [0.25, 0.3) is 10.8 Å². The van der Waals surface area contributed by atoms with Gasteiger partial charge in [0.15, 0.2) is 5.82 Å². The number of hydrogen-bond acceptors (Lipinski definition) is 4. The number of nitrogens with zero attached hydrogens (tertiary/aromatic N) is 2. The van der Waals surface area contributed by atoms with Crippen molar-refractivity contribution >= 4 is 23.0 Å². The van der Waals surface area contributed by atoms with Crippen LogP contribution in [-0.4, -0.2) is 14.9 Å². The molecule has 0 bridgehead atoms. The van der Waals surface area contributed by atoms with E-state index in [-0.39, 0.29) is 6.61 Å². The van der Waals surface area contributed by atoms with E-state index in [1.165, 1.54) is 4.68 Å². The summed E-state index contributed by atoms with van der Waals surface area (Å²) < 4.78 is 7.45. The molecule has 0 aliphatic carbocycles. The lowest BCUT2D eigenvalue weighted by Crippen LogP contribution is -2.14. The van der Waals surface area contributed by atoms with E-state index in [1.807, 2.05) is 42.5 Å². The number of ether oxygens (including phenoxy) is 1. The van der Waals surface area contributed by atoms with Crippen molar-refractivity contribution in [1.29, 1.82) is 0 Å². The monoisotopic (exact) mass is 272 g/mol. The number of nitrogens with one attached hydrogen (secondary N) is 1. The summed E-state index contributed by atoms with van der Waals surface area (Å²) in [6, 6.07) is 14.0. The smallest absolute Gasteiger partial charge is 0.214 e. The number of hydrogen-bond donors (Lipinski definition) is 2. The fraction of sp³-hybridized carbons (Fsp3) is 0.0769. The maximum Gasteiger partial charge on any atom is 0.214 e. The van der Waals surface area contributed by atoms with E-state index in [4.69, 9.17) is 22.8 Å². The van der Waals surface area contributed by atoms with Gasteiger partial charge in [0.2, 0.25) is 4.77 Å². The summed E-state index contributed by atoms with van der Waals surface area (Å²) in [5.41, 5.74) is 0. The minimum absolute atomic E-state index is 0.262. The van der Waals surface area contributed by atoms with Crippen molar-refractivity contribution in [1.82, 2.24) is 14.9 Å². The van der Waals surface area contributed by atoms with Crippen molar-refractivity contribution < 1.29 is 4.74 Å². The Kier molecular flexibility index (Phi) is 2.92. The third-order valence-corrected chi connectivity index (χ3v) is 3.17. The summed E-state index contributed by atoms with van der Waals surface area (Å²) in [6.07, 6.45) is 0. The molecule has 0 radical (unpaired) electrons. The van der Waals surface area contributed by atoms with Gasteiger partial charge in [-0.25, -0.2) is 4.68 Å². The highest BCUT2D eigenvalue weighted by molar-refractivity contribution is 7.71. The molecule has 5 nitrogen and oxygen atoms in total. The van der Waals surface area contributed by atoms with E-state index in [9.17, 15) is 0 Å². The van der Waals surface area contributed by atoms with Gasteiger partial charge < -0.3 is 10.6 Å². The molecule has 1 heterocycles. The van der Waals surface area contributed by atoms with E-state index < -0.39 is 0 Å². The second-order valence-corrected chi connectivity index (χ2v) is 4.47. The van der Waals surface area contributed by atoms with Crippen LogP contribution in [0, 0.1) is 4.77 Å². The predicted octanol–water partition coefficient (Wildman–Crippen LogP) is 2.39. The molecule has 19 heavy (non-hydrogen) atoms. The Hall–Kier alpha value is -2.34. The van der Waals surface area contributed by atoms with Gasteiger partial charge in [-0.15, -0.1) is 0 Å². The lowest BCUT2D eigenvalue weighted by molar-refractivity contribution is 0.296. The SMILES string of the molecule is Nn1c(COc2cccc3ccccc23)n[nH]c1=S. The molecule has 3 rings (SSSR count). The summed E-state index contributed by atoms with van der Waals surface area (Å²) in [4.78, 5) is 0. The summed E-state index contributed by atoms with van der Waals surface area (Å²) in [7, 11) is 0. The number of aromatic amines is 1. The predicted molar refractivity (Wildman–Crippen MR) is 75.8 cm³/mol.